The van der Waals surface area contributed by atoms with Gasteiger partial charge in [0.05, 0.1) is 0 Å². The Morgan fingerprint density at radius 1 is 0.354 bits per heavy atom. The van der Waals surface area contributed by atoms with E-state index in [0.717, 1.165) is 16.7 Å². The van der Waals surface area contributed by atoms with E-state index in [1.165, 1.54) is 62.2 Å². The molecule has 0 fully saturated rings. The van der Waals surface area contributed by atoms with Crippen LogP contribution in [0.25, 0.3) is 96.4 Å². The van der Waals surface area contributed by atoms with Gasteiger partial charge in [0, 0.05) is 57.0 Å². The summed E-state index contributed by atoms with van der Waals surface area (Å²) in [6.45, 7) is 0. The van der Waals surface area contributed by atoms with Crippen molar-refractivity contribution in [1.29, 1.82) is 0 Å². The zero-order valence-corrected chi connectivity index (χ0v) is 27.2. The van der Waals surface area contributed by atoms with Crippen molar-refractivity contribution in [3.8, 4) is 45.3 Å². The molecule has 10 aromatic rings. The molecule has 224 valence electrons. The lowest BCUT2D eigenvalue weighted by Crippen LogP contribution is -2.00. The van der Waals surface area contributed by atoms with Crippen molar-refractivity contribution >= 4 is 73.8 Å². The molecule has 3 nitrogen and oxygen atoms in total. The van der Waals surface area contributed by atoms with Crippen molar-refractivity contribution in [2.45, 2.75) is 0 Å². The predicted octanol–water partition coefficient (Wildman–Crippen LogP) is 12.4. The van der Waals surface area contributed by atoms with Gasteiger partial charge < -0.3 is 0 Å². The summed E-state index contributed by atoms with van der Waals surface area (Å²) in [5.74, 6) is 2.00. The van der Waals surface area contributed by atoms with E-state index in [1.54, 1.807) is 0 Å². The molecule has 0 unspecified atom stereocenters. The van der Waals surface area contributed by atoms with Gasteiger partial charge in [0.25, 0.3) is 0 Å². The van der Waals surface area contributed by atoms with E-state index in [9.17, 15) is 0 Å². The van der Waals surface area contributed by atoms with Gasteiger partial charge in [-0.2, -0.15) is 0 Å². The van der Waals surface area contributed by atoms with E-state index >= 15 is 0 Å². The van der Waals surface area contributed by atoms with Gasteiger partial charge in [0.1, 0.15) is 0 Å². The Morgan fingerprint density at radius 3 is 1.83 bits per heavy atom. The smallest absolute Gasteiger partial charge is 0.164 e. The molecular formula is C43H25N3S2. The molecular weight excluding hydrogens is 623 g/mol. The lowest BCUT2D eigenvalue weighted by atomic mass is 9.97. The molecule has 0 spiro atoms. The quantitative estimate of drug-likeness (QED) is 0.191. The maximum atomic E-state index is 5.28. The number of aromatic nitrogens is 3. The van der Waals surface area contributed by atoms with Crippen LogP contribution >= 0.6 is 22.7 Å². The summed E-state index contributed by atoms with van der Waals surface area (Å²) in [4.78, 5) is 15.6. The largest absolute Gasteiger partial charge is 0.208 e. The van der Waals surface area contributed by atoms with Crippen LogP contribution in [0.4, 0.5) is 0 Å². The lowest BCUT2D eigenvalue weighted by Gasteiger charge is -2.12. The van der Waals surface area contributed by atoms with Crippen molar-refractivity contribution in [3.63, 3.8) is 0 Å². The summed E-state index contributed by atoms with van der Waals surface area (Å²) in [6, 6.07) is 53.6. The SMILES string of the molecule is c1ccc(-c2nc(-c3cc(-c4ccccc4)c4c(c3)sc3ccccc34)nc(-c3cccc4sc5c6ccccc6ccc5c34)n2)cc1. The highest BCUT2D eigenvalue weighted by Crippen LogP contribution is 2.44. The van der Waals surface area contributed by atoms with Gasteiger partial charge in [-0.05, 0) is 46.2 Å². The summed E-state index contributed by atoms with van der Waals surface area (Å²) in [5.41, 5.74) is 5.30. The number of nitrogens with zero attached hydrogens (tertiary/aromatic N) is 3. The maximum absolute atomic E-state index is 5.28. The van der Waals surface area contributed by atoms with Crippen LogP contribution in [0.3, 0.4) is 0 Å². The molecule has 0 aliphatic heterocycles. The number of hydrogen-bond donors (Lipinski definition) is 0. The van der Waals surface area contributed by atoms with E-state index in [1.807, 2.05) is 40.9 Å². The predicted molar refractivity (Wildman–Crippen MR) is 205 cm³/mol. The van der Waals surface area contributed by atoms with Crippen LogP contribution in [0.1, 0.15) is 0 Å². The van der Waals surface area contributed by atoms with Gasteiger partial charge in [0.15, 0.2) is 17.5 Å². The third kappa shape index (κ3) is 4.36. The average Bonchev–Trinajstić information content (AvgIpc) is 3.74. The molecule has 0 N–H and O–H groups in total. The standard InChI is InChI=1S/C43H25N3S2/c1-3-12-26(13-4-1)34-24-29(25-37-38(34)31-18-9-10-20-35(31)47-37)42-44-41(28-15-5-2-6-16-28)45-43(46-42)33-19-11-21-36-39(33)32-23-22-27-14-7-8-17-30(27)40(32)48-36/h1-25H. The highest BCUT2D eigenvalue weighted by Gasteiger charge is 2.20. The molecule has 0 aliphatic rings. The Morgan fingerprint density at radius 2 is 1.00 bits per heavy atom. The van der Waals surface area contributed by atoms with Gasteiger partial charge >= 0.3 is 0 Å². The Labute approximate surface area is 284 Å². The summed E-state index contributed by atoms with van der Waals surface area (Å²) in [6.07, 6.45) is 0. The molecule has 0 radical (unpaired) electrons. The molecule has 0 aliphatic carbocycles. The minimum atomic E-state index is 0.662. The van der Waals surface area contributed by atoms with Crippen molar-refractivity contribution < 1.29 is 0 Å². The van der Waals surface area contributed by atoms with Crippen LogP contribution in [-0.2, 0) is 0 Å². The van der Waals surface area contributed by atoms with Gasteiger partial charge in [-0.15, -0.1) is 22.7 Å². The first-order valence-corrected chi connectivity index (χ1v) is 17.6. The van der Waals surface area contributed by atoms with Crippen molar-refractivity contribution in [2.75, 3.05) is 0 Å². The number of thiophene rings is 2. The second-order valence-corrected chi connectivity index (χ2v) is 14.1. The average molecular weight is 648 g/mol. The van der Waals surface area contributed by atoms with Gasteiger partial charge in [-0.25, -0.2) is 15.0 Å². The Bertz CT molecular complexity index is 2840. The fourth-order valence-corrected chi connectivity index (χ4v) is 9.35. The first-order valence-electron chi connectivity index (χ1n) is 15.9. The molecule has 48 heavy (non-hydrogen) atoms. The van der Waals surface area contributed by atoms with Crippen LogP contribution in [0.5, 0.6) is 0 Å². The zero-order chi connectivity index (χ0) is 31.6. The number of fused-ring (bicyclic) bond motifs is 8. The van der Waals surface area contributed by atoms with E-state index in [2.05, 4.69) is 133 Å². The van der Waals surface area contributed by atoms with E-state index in [4.69, 9.17) is 15.0 Å². The first kappa shape index (κ1) is 27.4. The first-order chi connectivity index (χ1) is 23.8. The van der Waals surface area contributed by atoms with Crippen LogP contribution < -0.4 is 0 Å². The van der Waals surface area contributed by atoms with E-state index in [0.29, 0.717) is 17.5 Å². The normalized spacial score (nSPS) is 11.8. The Balaban J connectivity index is 1.26. The third-order valence-electron chi connectivity index (χ3n) is 9.12. The Kier molecular flexibility index (Phi) is 6.22. The van der Waals surface area contributed by atoms with E-state index in [-0.39, 0.29) is 0 Å². The number of benzene rings is 7. The highest BCUT2D eigenvalue weighted by molar-refractivity contribution is 7.27. The molecule has 0 saturated carbocycles. The monoisotopic (exact) mass is 647 g/mol. The molecule has 10 rings (SSSR count). The van der Waals surface area contributed by atoms with Gasteiger partial charge in [-0.3, -0.25) is 0 Å². The summed E-state index contributed by atoms with van der Waals surface area (Å²) < 4.78 is 5.00. The van der Waals surface area contributed by atoms with Crippen LogP contribution in [0.2, 0.25) is 0 Å². The summed E-state index contributed by atoms with van der Waals surface area (Å²) >= 11 is 3.65. The van der Waals surface area contributed by atoms with E-state index < -0.39 is 0 Å². The summed E-state index contributed by atoms with van der Waals surface area (Å²) in [7, 11) is 0. The lowest BCUT2D eigenvalue weighted by molar-refractivity contribution is 1.08. The highest BCUT2D eigenvalue weighted by atomic mass is 32.1. The summed E-state index contributed by atoms with van der Waals surface area (Å²) in [5, 5.41) is 7.47. The second kappa shape index (κ2) is 10.9. The van der Waals surface area contributed by atoms with Crippen molar-refractivity contribution in [1.82, 2.24) is 15.0 Å². The topological polar surface area (TPSA) is 38.7 Å². The van der Waals surface area contributed by atoms with Crippen LogP contribution in [-0.4, -0.2) is 15.0 Å². The fourth-order valence-electron chi connectivity index (χ4n) is 6.91. The van der Waals surface area contributed by atoms with Crippen molar-refractivity contribution in [3.05, 3.63) is 152 Å². The zero-order valence-electron chi connectivity index (χ0n) is 25.6. The molecule has 0 bridgehead atoms. The minimum absolute atomic E-state index is 0.662. The minimum Gasteiger partial charge on any atom is -0.208 e. The molecule has 5 heteroatoms. The van der Waals surface area contributed by atoms with Gasteiger partial charge in [0.2, 0.25) is 0 Å². The van der Waals surface area contributed by atoms with Crippen LogP contribution in [0.15, 0.2) is 152 Å². The second-order valence-electron chi connectivity index (χ2n) is 12.0. The molecule has 0 atom stereocenters. The molecule has 3 heterocycles. The van der Waals surface area contributed by atoms with Crippen molar-refractivity contribution in [2.24, 2.45) is 0 Å². The Hall–Kier alpha value is -5.75. The van der Waals surface area contributed by atoms with Gasteiger partial charge in [-0.1, -0.05) is 127 Å². The third-order valence-corrected chi connectivity index (χ3v) is 11.4. The molecule has 7 aromatic carbocycles. The van der Waals surface area contributed by atoms with Crippen LogP contribution in [0, 0.1) is 0 Å². The molecule has 3 aromatic heterocycles. The number of hydrogen-bond acceptors (Lipinski definition) is 5. The number of rotatable bonds is 4. The fraction of sp³-hybridized carbons (Fsp3) is 0. The molecule has 0 amide bonds. The maximum Gasteiger partial charge on any atom is 0.164 e. The molecule has 0 saturated heterocycles.